The standard InChI is InChI=1S/C27H35NO2/c1-2-6-27(30)25-12-9-22(10-13-25)11-14-26(29)17-20-28-18-15-24(16-19-28)21-23-7-4-3-5-8-23/h3-5,7-14,24,27,30H,2,6,15-21H2,1H3/b14-11+. The molecule has 0 aromatic heterocycles. The SMILES string of the molecule is CCCC(O)c1ccc(/C=C/C(=O)CCN2CCC(Cc3ccccc3)CC2)cc1. The van der Waals surface area contributed by atoms with Gasteiger partial charge < -0.3 is 10.0 Å². The number of hydrogen-bond acceptors (Lipinski definition) is 3. The Hall–Kier alpha value is -2.23. The van der Waals surface area contributed by atoms with Crippen LogP contribution in [0.15, 0.2) is 60.7 Å². The molecule has 3 heteroatoms. The number of aliphatic hydroxyl groups excluding tert-OH is 1. The van der Waals surface area contributed by atoms with Gasteiger partial charge in [-0.2, -0.15) is 0 Å². The summed E-state index contributed by atoms with van der Waals surface area (Å²) in [6, 6.07) is 18.6. The molecule has 0 amide bonds. The van der Waals surface area contributed by atoms with Crippen LogP contribution in [0.5, 0.6) is 0 Å². The molecule has 0 aliphatic carbocycles. The molecule has 1 aliphatic heterocycles. The van der Waals surface area contributed by atoms with Gasteiger partial charge in [0.05, 0.1) is 6.10 Å². The summed E-state index contributed by atoms with van der Waals surface area (Å²) in [4.78, 5) is 14.7. The first-order valence-corrected chi connectivity index (χ1v) is 11.4. The fraction of sp³-hybridized carbons (Fsp3) is 0.444. The normalized spacial score (nSPS) is 16.7. The van der Waals surface area contributed by atoms with Crippen LogP contribution in [0.4, 0.5) is 0 Å². The van der Waals surface area contributed by atoms with E-state index in [4.69, 9.17) is 0 Å². The average Bonchev–Trinajstić information content (AvgIpc) is 2.78. The van der Waals surface area contributed by atoms with E-state index in [0.717, 1.165) is 49.5 Å². The van der Waals surface area contributed by atoms with Crippen molar-refractivity contribution in [3.8, 4) is 0 Å². The molecule has 2 aromatic rings. The van der Waals surface area contributed by atoms with Crippen molar-refractivity contribution >= 4 is 11.9 Å². The first-order valence-electron chi connectivity index (χ1n) is 11.4. The molecule has 2 aromatic carbocycles. The Bertz CT molecular complexity index is 789. The van der Waals surface area contributed by atoms with Gasteiger partial charge in [-0.3, -0.25) is 4.79 Å². The smallest absolute Gasteiger partial charge is 0.156 e. The second-order valence-electron chi connectivity index (χ2n) is 8.50. The highest BCUT2D eigenvalue weighted by Crippen LogP contribution is 2.22. The number of benzene rings is 2. The third-order valence-corrected chi connectivity index (χ3v) is 6.09. The second-order valence-corrected chi connectivity index (χ2v) is 8.50. The Morgan fingerprint density at radius 1 is 1.10 bits per heavy atom. The van der Waals surface area contributed by atoms with Crippen molar-refractivity contribution in [3.63, 3.8) is 0 Å². The molecule has 1 atom stereocenters. The number of aliphatic hydroxyl groups is 1. The van der Waals surface area contributed by atoms with Crippen molar-refractivity contribution < 1.29 is 9.90 Å². The van der Waals surface area contributed by atoms with Crippen LogP contribution in [0, 0.1) is 5.92 Å². The molecule has 1 heterocycles. The first kappa shape index (κ1) is 22.5. The number of nitrogens with zero attached hydrogens (tertiary/aromatic N) is 1. The largest absolute Gasteiger partial charge is 0.388 e. The summed E-state index contributed by atoms with van der Waals surface area (Å²) >= 11 is 0. The molecule has 30 heavy (non-hydrogen) atoms. The van der Waals surface area contributed by atoms with Crippen LogP contribution in [-0.4, -0.2) is 35.4 Å². The number of carbonyl (C=O) groups is 1. The summed E-state index contributed by atoms with van der Waals surface area (Å²) in [5.41, 5.74) is 3.37. The molecule has 0 radical (unpaired) electrons. The van der Waals surface area contributed by atoms with E-state index in [1.165, 1.54) is 24.8 Å². The summed E-state index contributed by atoms with van der Waals surface area (Å²) in [6.45, 7) is 5.11. The van der Waals surface area contributed by atoms with Crippen molar-refractivity contribution in [1.29, 1.82) is 0 Å². The zero-order valence-electron chi connectivity index (χ0n) is 18.2. The number of hydrogen-bond donors (Lipinski definition) is 1. The van der Waals surface area contributed by atoms with E-state index in [0.29, 0.717) is 6.42 Å². The van der Waals surface area contributed by atoms with Gasteiger partial charge in [0.15, 0.2) is 5.78 Å². The van der Waals surface area contributed by atoms with Crippen LogP contribution in [0.1, 0.15) is 61.8 Å². The number of likely N-dealkylation sites (tertiary alicyclic amines) is 1. The van der Waals surface area contributed by atoms with Gasteiger partial charge in [0.25, 0.3) is 0 Å². The van der Waals surface area contributed by atoms with Crippen molar-refractivity contribution in [2.75, 3.05) is 19.6 Å². The number of rotatable bonds is 10. The van der Waals surface area contributed by atoms with E-state index in [1.807, 2.05) is 30.3 Å². The molecule has 1 aliphatic rings. The molecule has 1 N–H and O–H groups in total. The zero-order chi connectivity index (χ0) is 21.2. The Morgan fingerprint density at radius 2 is 1.80 bits per heavy atom. The molecule has 1 fully saturated rings. The van der Waals surface area contributed by atoms with Gasteiger partial charge >= 0.3 is 0 Å². The molecule has 3 nitrogen and oxygen atoms in total. The molecular formula is C27H35NO2. The van der Waals surface area contributed by atoms with E-state index < -0.39 is 6.10 Å². The zero-order valence-corrected chi connectivity index (χ0v) is 18.2. The Labute approximate surface area is 181 Å². The predicted octanol–water partition coefficient (Wildman–Crippen LogP) is 5.45. The van der Waals surface area contributed by atoms with E-state index >= 15 is 0 Å². The van der Waals surface area contributed by atoms with Gasteiger partial charge in [0, 0.05) is 13.0 Å². The van der Waals surface area contributed by atoms with Crippen molar-refractivity contribution in [1.82, 2.24) is 4.90 Å². The fourth-order valence-electron chi connectivity index (χ4n) is 4.17. The van der Waals surface area contributed by atoms with Crippen molar-refractivity contribution in [2.24, 2.45) is 5.92 Å². The molecule has 0 saturated carbocycles. The third-order valence-electron chi connectivity index (χ3n) is 6.09. The van der Waals surface area contributed by atoms with Gasteiger partial charge in [-0.05, 0) is 67.5 Å². The molecule has 160 valence electrons. The lowest BCUT2D eigenvalue weighted by molar-refractivity contribution is -0.114. The van der Waals surface area contributed by atoms with Crippen molar-refractivity contribution in [2.45, 2.75) is 51.6 Å². The van der Waals surface area contributed by atoms with Gasteiger partial charge in [0.1, 0.15) is 0 Å². The highest BCUT2D eigenvalue weighted by atomic mass is 16.3. The minimum Gasteiger partial charge on any atom is -0.388 e. The van der Waals surface area contributed by atoms with Crippen LogP contribution in [0.2, 0.25) is 0 Å². The van der Waals surface area contributed by atoms with Gasteiger partial charge in [-0.25, -0.2) is 0 Å². The highest BCUT2D eigenvalue weighted by molar-refractivity contribution is 5.93. The summed E-state index contributed by atoms with van der Waals surface area (Å²) in [5.74, 6) is 0.939. The second kappa shape index (κ2) is 11.8. The monoisotopic (exact) mass is 405 g/mol. The van der Waals surface area contributed by atoms with Gasteiger partial charge in [-0.1, -0.05) is 74.0 Å². The third kappa shape index (κ3) is 7.23. The predicted molar refractivity (Wildman–Crippen MR) is 124 cm³/mol. The topological polar surface area (TPSA) is 40.5 Å². The lowest BCUT2D eigenvalue weighted by atomic mass is 9.90. The average molecular weight is 406 g/mol. The molecule has 1 saturated heterocycles. The Kier molecular flexibility index (Phi) is 8.85. The first-order chi connectivity index (χ1) is 14.6. The van der Waals surface area contributed by atoms with Crippen LogP contribution in [0.3, 0.4) is 0 Å². The Balaban J connectivity index is 1.36. The molecule has 3 rings (SSSR count). The quantitative estimate of drug-likeness (QED) is 0.535. The minimum atomic E-state index is -0.397. The summed E-state index contributed by atoms with van der Waals surface area (Å²) in [7, 11) is 0. The van der Waals surface area contributed by atoms with Crippen LogP contribution in [0.25, 0.3) is 6.08 Å². The van der Waals surface area contributed by atoms with Gasteiger partial charge in [-0.15, -0.1) is 0 Å². The lowest BCUT2D eigenvalue weighted by Gasteiger charge is -2.31. The van der Waals surface area contributed by atoms with E-state index in [1.54, 1.807) is 6.08 Å². The summed E-state index contributed by atoms with van der Waals surface area (Å²) in [6.07, 6.45) is 9.09. The highest BCUT2D eigenvalue weighted by Gasteiger charge is 2.19. The summed E-state index contributed by atoms with van der Waals surface area (Å²) in [5, 5.41) is 10.0. The maximum Gasteiger partial charge on any atom is 0.156 e. The van der Waals surface area contributed by atoms with Crippen molar-refractivity contribution in [3.05, 3.63) is 77.4 Å². The molecular weight excluding hydrogens is 370 g/mol. The van der Waals surface area contributed by atoms with E-state index in [2.05, 4.69) is 42.2 Å². The maximum absolute atomic E-state index is 12.3. The van der Waals surface area contributed by atoms with E-state index in [9.17, 15) is 9.90 Å². The number of carbonyl (C=O) groups excluding carboxylic acids is 1. The maximum atomic E-state index is 12.3. The molecule has 0 bridgehead atoms. The number of piperidine rings is 1. The van der Waals surface area contributed by atoms with Gasteiger partial charge in [0.2, 0.25) is 0 Å². The minimum absolute atomic E-state index is 0.177. The summed E-state index contributed by atoms with van der Waals surface area (Å²) < 4.78 is 0. The number of allylic oxidation sites excluding steroid dienone is 1. The number of ketones is 1. The van der Waals surface area contributed by atoms with E-state index in [-0.39, 0.29) is 5.78 Å². The van der Waals surface area contributed by atoms with Crippen LogP contribution >= 0.6 is 0 Å². The van der Waals surface area contributed by atoms with Crippen LogP contribution in [-0.2, 0) is 11.2 Å². The lowest BCUT2D eigenvalue weighted by Crippen LogP contribution is -2.35. The molecule has 1 unspecified atom stereocenters. The molecule has 0 spiro atoms. The van der Waals surface area contributed by atoms with Crippen LogP contribution < -0.4 is 0 Å². The fourth-order valence-corrected chi connectivity index (χ4v) is 4.17. The Morgan fingerprint density at radius 3 is 2.47 bits per heavy atom.